The van der Waals surface area contributed by atoms with Crippen LogP contribution >= 0.6 is 11.8 Å². The van der Waals surface area contributed by atoms with Gasteiger partial charge in [-0.2, -0.15) is 13.2 Å². The number of carbonyl (C=O) groups is 1. The molecule has 2 fully saturated rings. The van der Waals surface area contributed by atoms with Crippen LogP contribution in [0.15, 0.2) is 24.3 Å². The summed E-state index contributed by atoms with van der Waals surface area (Å²) in [6.07, 6.45) is -4.36. The SMILES string of the molecule is O=C1CS[C@H](c2cccc(C(F)(F)F)c2)N1CC[NH+]1CC[NH2+]CC1. The molecule has 2 aliphatic heterocycles. The number of quaternary nitrogens is 2. The van der Waals surface area contributed by atoms with Crippen molar-refractivity contribution in [2.45, 2.75) is 11.6 Å². The van der Waals surface area contributed by atoms with Crippen molar-refractivity contribution in [2.24, 2.45) is 0 Å². The Morgan fingerprint density at radius 3 is 2.75 bits per heavy atom. The predicted molar refractivity (Wildman–Crippen MR) is 85.6 cm³/mol. The molecular weight excluding hydrogens is 339 g/mol. The molecule has 3 N–H and O–H groups in total. The zero-order valence-electron chi connectivity index (χ0n) is 13.3. The number of nitrogens with two attached hydrogens (primary N) is 1. The summed E-state index contributed by atoms with van der Waals surface area (Å²) in [5.74, 6) is 0.356. The molecule has 2 aliphatic rings. The summed E-state index contributed by atoms with van der Waals surface area (Å²) in [7, 11) is 0. The highest BCUT2D eigenvalue weighted by atomic mass is 32.2. The van der Waals surface area contributed by atoms with Crippen LogP contribution in [-0.2, 0) is 11.0 Å². The Morgan fingerprint density at radius 2 is 2.04 bits per heavy atom. The topological polar surface area (TPSA) is 41.4 Å². The number of thioether (sulfide) groups is 1. The Kier molecular flexibility index (Phi) is 5.36. The maximum atomic E-state index is 12.9. The molecule has 3 rings (SSSR count). The van der Waals surface area contributed by atoms with Crippen molar-refractivity contribution in [1.82, 2.24) is 4.90 Å². The third kappa shape index (κ3) is 4.04. The molecule has 0 saturated carbocycles. The van der Waals surface area contributed by atoms with Crippen LogP contribution in [0.1, 0.15) is 16.5 Å². The van der Waals surface area contributed by atoms with Crippen LogP contribution in [0.4, 0.5) is 13.2 Å². The van der Waals surface area contributed by atoms with Crippen molar-refractivity contribution in [3.63, 3.8) is 0 Å². The molecule has 1 aromatic carbocycles. The van der Waals surface area contributed by atoms with Crippen LogP contribution in [0, 0.1) is 0 Å². The summed E-state index contributed by atoms with van der Waals surface area (Å²) in [5, 5.41) is 1.97. The van der Waals surface area contributed by atoms with Gasteiger partial charge in [-0.25, -0.2) is 0 Å². The van der Waals surface area contributed by atoms with Gasteiger partial charge in [0.05, 0.1) is 24.4 Å². The highest BCUT2D eigenvalue weighted by Gasteiger charge is 2.36. The number of nitrogens with zero attached hydrogens (tertiary/aromatic N) is 1. The molecule has 4 nitrogen and oxygen atoms in total. The molecule has 132 valence electrons. The Bertz CT molecular complexity index is 590. The first-order valence-corrected chi connectivity index (χ1v) is 9.23. The number of halogens is 3. The summed E-state index contributed by atoms with van der Waals surface area (Å²) in [5.41, 5.74) is -0.0975. The molecule has 2 heterocycles. The quantitative estimate of drug-likeness (QED) is 0.776. The van der Waals surface area contributed by atoms with Gasteiger partial charge in [-0.1, -0.05) is 12.1 Å². The van der Waals surface area contributed by atoms with Crippen LogP contribution in [0.25, 0.3) is 0 Å². The second-order valence-corrected chi connectivity index (χ2v) is 7.31. The summed E-state index contributed by atoms with van der Waals surface area (Å²) >= 11 is 1.41. The van der Waals surface area contributed by atoms with Gasteiger partial charge in [0.15, 0.2) is 0 Å². The van der Waals surface area contributed by atoms with Crippen LogP contribution in [0.2, 0.25) is 0 Å². The van der Waals surface area contributed by atoms with Crippen LogP contribution in [0.5, 0.6) is 0 Å². The van der Waals surface area contributed by atoms with E-state index in [0.717, 1.165) is 38.8 Å². The third-order valence-corrected chi connectivity index (χ3v) is 5.83. The maximum Gasteiger partial charge on any atom is 0.416 e. The van der Waals surface area contributed by atoms with Crippen molar-refractivity contribution in [2.75, 3.05) is 45.0 Å². The largest absolute Gasteiger partial charge is 0.416 e. The van der Waals surface area contributed by atoms with Crippen LogP contribution < -0.4 is 10.2 Å². The molecular formula is C16H22F3N3OS+2. The minimum Gasteiger partial charge on any atom is -0.337 e. The molecule has 0 spiro atoms. The van der Waals surface area contributed by atoms with Gasteiger partial charge in [0.2, 0.25) is 5.91 Å². The number of alkyl halides is 3. The van der Waals surface area contributed by atoms with Gasteiger partial charge in [0.1, 0.15) is 31.6 Å². The fraction of sp³-hybridized carbons (Fsp3) is 0.562. The van der Waals surface area contributed by atoms with E-state index in [9.17, 15) is 18.0 Å². The van der Waals surface area contributed by atoms with Crippen LogP contribution in [-0.4, -0.2) is 55.8 Å². The van der Waals surface area contributed by atoms with Crippen molar-refractivity contribution in [1.29, 1.82) is 0 Å². The number of nitrogens with one attached hydrogen (secondary N) is 1. The minimum atomic E-state index is -4.36. The smallest absolute Gasteiger partial charge is 0.337 e. The minimum absolute atomic E-state index is 0.0189. The van der Waals surface area contributed by atoms with E-state index in [1.54, 1.807) is 11.0 Å². The molecule has 0 unspecified atom stereocenters. The van der Waals surface area contributed by atoms with Crippen molar-refractivity contribution < 1.29 is 28.2 Å². The van der Waals surface area contributed by atoms with Gasteiger partial charge in [-0.15, -0.1) is 11.8 Å². The lowest BCUT2D eigenvalue weighted by molar-refractivity contribution is -0.946. The van der Waals surface area contributed by atoms with Gasteiger partial charge in [0.25, 0.3) is 0 Å². The Balaban J connectivity index is 1.70. The van der Waals surface area contributed by atoms with Gasteiger partial charge < -0.3 is 15.1 Å². The third-order valence-electron chi connectivity index (χ3n) is 4.58. The molecule has 1 aromatic rings. The van der Waals surface area contributed by atoms with E-state index < -0.39 is 11.7 Å². The molecule has 8 heteroatoms. The zero-order chi connectivity index (χ0) is 17.2. The summed E-state index contributed by atoms with van der Waals surface area (Å²) < 4.78 is 38.8. The van der Waals surface area contributed by atoms with E-state index in [4.69, 9.17) is 0 Å². The monoisotopic (exact) mass is 361 g/mol. The number of benzene rings is 1. The molecule has 1 amide bonds. The summed E-state index contributed by atoms with van der Waals surface area (Å²) in [4.78, 5) is 15.4. The van der Waals surface area contributed by atoms with E-state index >= 15 is 0 Å². The lowest BCUT2D eigenvalue weighted by Crippen LogP contribution is -3.20. The van der Waals surface area contributed by atoms with E-state index in [-0.39, 0.29) is 11.3 Å². The number of amides is 1. The lowest BCUT2D eigenvalue weighted by atomic mass is 10.1. The van der Waals surface area contributed by atoms with E-state index in [2.05, 4.69) is 5.32 Å². The number of rotatable bonds is 4. The van der Waals surface area contributed by atoms with Crippen molar-refractivity contribution in [3.8, 4) is 0 Å². The Morgan fingerprint density at radius 1 is 1.29 bits per heavy atom. The summed E-state index contributed by atoms with van der Waals surface area (Å²) in [6, 6.07) is 5.35. The zero-order valence-corrected chi connectivity index (χ0v) is 14.1. The standard InChI is InChI=1S/C16H20F3N3OS/c17-16(18,19)13-3-1-2-12(10-13)15-22(14(23)11-24-15)9-8-21-6-4-20-5-7-21/h1-3,10,15,20H,4-9,11H2/p+2/t15-/m1/s1. The number of hydrogen-bond acceptors (Lipinski definition) is 2. The van der Waals surface area contributed by atoms with E-state index in [1.807, 2.05) is 0 Å². The summed E-state index contributed by atoms with van der Waals surface area (Å²) in [6.45, 7) is 5.79. The highest BCUT2D eigenvalue weighted by molar-refractivity contribution is 8.00. The average Bonchev–Trinajstić information content (AvgIpc) is 2.94. The molecule has 24 heavy (non-hydrogen) atoms. The number of carbonyl (C=O) groups excluding carboxylic acids is 1. The van der Waals surface area contributed by atoms with Gasteiger partial charge in [-0.05, 0) is 17.7 Å². The number of hydrogen-bond donors (Lipinski definition) is 2. The number of piperazine rings is 1. The van der Waals surface area contributed by atoms with Gasteiger partial charge in [-0.3, -0.25) is 4.79 Å². The highest BCUT2D eigenvalue weighted by Crippen LogP contribution is 2.40. The van der Waals surface area contributed by atoms with Crippen molar-refractivity contribution >= 4 is 17.7 Å². The molecule has 0 bridgehead atoms. The van der Waals surface area contributed by atoms with Crippen molar-refractivity contribution in [3.05, 3.63) is 35.4 Å². The van der Waals surface area contributed by atoms with Crippen LogP contribution in [0.3, 0.4) is 0 Å². The fourth-order valence-electron chi connectivity index (χ4n) is 3.25. The van der Waals surface area contributed by atoms with Gasteiger partial charge >= 0.3 is 6.18 Å². The average molecular weight is 361 g/mol. The van der Waals surface area contributed by atoms with E-state index in [1.165, 1.54) is 28.8 Å². The molecule has 1 atom stereocenters. The maximum absolute atomic E-state index is 12.9. The lowest BCUT2D eigenvalue weighted by Gasteiger charge is -2.28. The first-order chi connectivity index (χ1) is 11.4. The molecule has 2 saturated heterocycles. The molecule has 0 aromatic heterocycles. The normalized spacial score (nSPS) is 23.0. The first-order valence-electron chi connectivity index (χ1n) is 8.18. The van der Waals surface area contributed by atoms with Gasteiger partial charge in [0, 0.05) is 0 Å². The first kappa shape index (κ1) is 17.6. The molecule has 0 radical (unpaired) electrons. The Labute approximate surface area is 143 Å². The second-order valence-electron chi connectivity index (χ2n) is 6.24. The fourth-order valence-corrected chi connectivity index (χ4v) is 4.46. The second kappa shape index (κ2) is 7.33. The predicted octanol–water partition coefficient (Wildman–Crippen LogP) is -0.259. The molecule has 0 aliphatic carbocycles. The Hall–Kier alpha value is -1.25. The van der Waals surface area contributed by atoms with E-state index in [0.29, 0.717) is 17.9 Å².